The number of carbonyl (C=O) groups excluding carboxylic acids is 1. The Balaban J connectivity index is 1.42. The van der Waals surface area contributed by atoms with Crippen LogP contribution in [0.15, 0.2) is 67.0 Å². The molecule has 2 aromatic carbocycles. The Morgan fingerprint density at radius 1 is 1.04 bits per heavy atom. The number of nitrogens with two attached hydrogens (primary N) is 1. The lowest BCUT2D eigenvalue weighted by Crippen LogP contribution is -2.26. The van der Waals surface area contributed by atoms with Gasteiger partial charge in [0.05, 0.1) is 12.7 Å². The summed E-state index contributed by atoms with van der Waals surface area (Å²) < 4.78 is 7.04. The maximum atomic E-state index is 11.7. The molecule has 0 saturated carbocycles. The van der Waals surface area contributed by atoms with E-state index in [9.17, 15) is 4.79 Å². The highest BCUT2D eigenvalue weighted by Gasteiger charge is 2.04. The van der Waals surface area contributed by atoms with E-state index in [1.807, 2.05) is 47.4 Å². The summed E-state index contributed by atoms with van der Waals surface area (Å²) in [5.74, 6) is 0. The highest BCUT2D eigenvalue weighted by Crippen LogP contribution is 2.19. The fraction of sp³-hybridized carbons (Fsp3) is 0.238. The molecule has 0 unspecified atom stereocenters. The highest BCUT2D eigenvalue weighted by atomic mass is 16.5. The van der Waals surface area contributed by atoms with Gasteiger partial charge >= 0.3 is 6.09 Å². The lowest BCUT2D eigenvalue weighted by molar-refractivity contribution is 0.140. The van der Waals surface area contributed by atoms with E-state index in [4.69, 9.17) is 10.5 Å². The molecule has 3 aromatic rings. The molecule has 0 atom stereocenters. The Kier molecular flexibility index (Phi) is 6.60. The molecule has 1 heterocycles. The van der Waals surface area contributed by atoms with Gasteiger partial charge in [-0.2, -0.15) is 5.10 Å². The number of aromatic nitrogens is 2. The van der Waals surface area contributed by atoms with Crippen LogP contribution in [-0.2, 0) is 24.3 Å². The van der Waals surface area contributed by atoms with Crippen molar-refractivity contribution >= 4 is 6.09 Å². The molecule has 0 aliphatic rings. The highest BCUT2D eigenvalue weighted by molar-refractivity contribution is 5.67. The summed E-state index contributed by atoms with van der Waals surface area (Å²) in [4.78, 5) is 11.7. The monoisotopic (exact) mass is 364 g/mol. The van der Waals surface area contributed by atoms with Crippen molar-refractivity contribution in [1.82, 2.24) is 15.1 Å². The second kappa shape index (κ2) is 9.54. The zero-order valence-corrected chi connectivity index (χ0v) is 15.2. The Hall–Kier alpha value is -3.12. The van der Waals surface area contributed by atoms with Crippen LogP contribution in [0.2, 0.25) is 0 Å². The Morgan fingerprint density at radius 3 is 2.56 bits per heavy atom. The molecular formula is C21H24N4O2. The minimum atomic E-state index is -0.400. The van der Waals surface area contributed by atoms with E-state index in [0.29, 0.717) is 19.6 Å². The van der Waals surface area contributed by atoms with Crippen LogP contribution in [0.1, 0.15) is 11.1 Å². The second-order valence-corrected chi connectivity index (χ2v) is 6.22. The predicted molar refractivity (Wildman–Crippen MR) is 105 cm³/mol. The zero-order chi connectivity index (χ0) is 18.9. The molecule has 0 saturated heterocycles. The third kappa shape index (κ3) is 5.69. The largest absolute Gasteiger partial charge is 0.445 e. The number of rotatable bonds is 8. The molecule has 0 fully saturated rings. The maximum absolute atomic E-state index is 11.7. The fourth-order valence-electron chi connectivity index (χ4n) is 2.71. The molecule has 0 aliphatic heterocycles. The van der Waals surface area contributed by atoms with Crippen molar-refractivity contribution < 1.29 is 9.53 Å². The number of amides is 1. The second-order valence-electron chi connectivity index (χ2n) is 6.22. The van der Waals surface area contributed by atoms with E-state index in [0.717, 1.165) is 28.7 Å². The average molecular weight is 364 g/mol. The van der Waals surface area contributed by atoms with Crippen molar-refractivity contribution in [3.8, 4) is 11.1 Å². The number of carbonyl (C=O) groups is 1. The van der Waals surface area contributed by atoms with Crippen molar-refractivity contribution in [1.29, 1.82) is 0 Å². The van der Waals surface area contributed by atoms with Crippen LogP contribution in [0.4, 0.5) is 4.79 Å². The van der Waals surface area contributed by atoms with Gasteiger partial charge in [-0.1, -0.05) is 54.6 Å². The van der Waals surface area contributed by atoms with Crippen LogP contribution in [0, 0.1) is 0 Å². The number of alkyl carbamates (subject to hydrolysis) is 1. The normalized spacial score (nSPS) is 10.6. The standard InChI is InChI=1S/C21H24N4O2/c22-11-13-25-15-20(14-24-25)19-8-6-17(7-9-19)10-12-23-21(26)27-16-18-4-2-1-3-5-18/h1-9,14-15H,10-13,16,22H2,(H,23,26). The van der Waals surface area contributed by atoms with Gasteiger partial charge in [-0.25, -0.2) is 4.79 Å². The van der Waals surface area contributed by atoms with Gasteiger partial charge < -0.3 is 15.8 Å². The number of ether oxygens (including phenoxy) is 1. The summed E-state index contributed by atoms with van der Waals surface area (Å²) >= 11 is 0. The van der Waals surface area contributed by atoms with Crippen LogP contribution in [0.5, 0.6) is 0 Å². The molecular weight excluding hydrogens is 340 g/mol. The van der Waals surface area contributed by atoms with Crippen LogP contribution in [-0.4, -0.2) is 29.0 Å². The summed E-state index contributed by atoms with van der Waals surface area (Å²) in [5.41, 5.74) is 9.84. The van der Waals surface area contributed by atoms with Gasteiger partial charge in [-0.3, -0.25) is 4.68 Å². The van der Waals surface area contributed by atoms with Crippen molar-refractivity contribution in [2.24, 2.45) is 5.73 Å². The SMILES string of the molecule is NCCn1cc(-c2ccc(CCNC(=O)OCc3ccccc3)cc2)cn1. The van der Waals surface area contributed by atoms with Crippen LogP contribution < -0.4 is 11.1 Å². The molecule has 6 nitrogen and oxygen atoms in total. The van der Waals surface area contributed by atoms with Gasteiger partial charge in [0.2, 0.25) is 0 Å². The van der Waals surface area contributed by atoms with Crippen LogP contribution in [0.3, 0.4) is 0 Å². The first-order valence-corrected chi connectivity index (χ1v) is 9.01. The molecule has 3 N–H and O–H groups in total. The number of nitrogens with zero attached hydrogens (tertiary/aromatic N) is 2. The molecule has 0 aliphatic carbocycles. The topological polar surface area (TPSA) is 82.2 Å². The summed E-state index contributed by atoms with van der Waals surface area (Å²) in [7, 11) is 0. The Bertz CT molecular complexity index is 844. The van der Waals surface area contributed by atoms with Gasteiger partial charge in [0.25, 0.3) is 0 Å². The lowest BCUT2D eigenvalue weighted by atomic mass is 10.1. The quantitative estimate of drug-likeness (QED) is 0.644. The minimum Gasteiger partial charge on any atom is -0.445 e. The number of nitrogens with one attached hydrogen (secondary N) is 1. The summed E-state index contributed by atoms with van der Waals surface area (Å²) in [6.07, 6.45) is 4.18. The summed E-state index contributed by atoms with van der Waals surface area (Å²) in [5, 5.41) is 7.07. The zero-order valence-electron chi connectivity index (χ0n) is 15.2. The first kappa shape index (κ1) is 18.7. The summed E-state index contributed by atoms with van der Waals surface area (Å²) in [6.45, 7) is 2.09. The first-order valence-electron chi connectivity index (χ1n) is 9.01. The maximum Gasteiger partial charge on any atom is 0.407 e. The molecule has 6 heteroatoms. The van der Waals surface area contributed by atoms with Crippen molar-refractivity contribution in [2.75, 3.05) is 13.1 Å². The molecule has 27 heavy (non-hydrogen) atoms. The van der Waals surface area contributed by atoms with Gasteiger partial charge in [0.1, 0.15) is 6.61 Å². The third-order valence-corrected chi connectivity index (χ3v) is 4.17. The average Bonchev–Trinajstić information content (AvgIpc) is 3.17. The van der Waals surface area contributed by atoms with Crippen molar-refractivity contribution in [3.63, 3.8) is 0 Å². The third-order valence-electron chi connectivity index (χ3n) is 4.17. The smallest absolute Gasteiger partial charge is 0.407 e. The molecule has 1 amide bonds. The van der Waals surface area contributed by atoms with Crippen molar-refractivity contribution in [3.05, 3.63) is 78.1 Å². The van der Waals surface area contributed by atoms with Crippen molar-refractivity contribution in [2.45, 2.75) is 19.6 Å². The van der Waals surface area contributed by atoms with E-state index < -0.39 is 6.09 Å². The molecule has 3 rings (SSSR count). The van der Waals surface area contributed by atoms with Gasteiger partial charge in [0.15, 0.2) is 0 Å². The summed E-state index contributed by atoms with van der Waals surface area (Å²) in [6, 6.07) is 17.9. The molecule has 1 aromatic heterocycles. The number of benzene rings is 2. The fourth-order valence-corrected chi connectivity index (χ4v) is 2.71. The Morgan fingerprint density at radius 2 is 1.81 bits per heavy atom. The molecule has 140 valence electrons. The van der Waals surface area contributed by atoms with Gasteiger partial charge in [-0.05, 0) is 23.1 Å². The van der Waals surface area contributed by atoms with Gasteiger partial charge in [-0.15, -0.1) is 0 Å². The van der Waals surface area contributed by atoms with Crippen LogP contribution >= 0.6 is 0 Å². The van der Waals surface area contributed by atoms with E-state index in [2.05, 4.69) is 34.7 Å². The van der Waals surface area contributed by atoms with E-state index >= 15 is 0 Å². The van der Waals surface area contributed by atoms with E-state index in [-0.39, 0.29) is 6.61 Å². The predicted octanol–water partition coefficient (Wildman–Crippen LogP) is 2.98. The number of hydrogen-bond acceptors (Lipinski definition) is 4. The number of hydrogen-bond donors (Lipinski definition) is 2. The van der Waals surface area contributed by atoms with Crippen LogP contribution in [0.25, 0.3) is 11.1 Å². The van der Waals surface area contributed by atoms with Gasteiger partial charge in [0, 0.05) is 24.8 Å². The van der Waals surface area contributed by atoms with E-state index in [1.165, 1.54) is 0 Å². The molecule has 0 radical (unpaired) electrons. The van der Waals surface area contributed by atoms with E-state index in [1.54, 1.807) is 0 Å². The lowest BCUT2D eigenvalue weighted by Gasteiger charge is -2.07. The Labute approximate surface area is 159 Å². The first-order chi connectivity index (χ1) is 13.2. The molecule has 0 bridgehead atoms. The minimum absolute atomic E-state index is 0.277. The molecule has 0 spiro atoms.